The zero-order valence-electron chi connectivity index (χ0n) is 15.9. The molecule has 2 rings (SSSR count). The number of aliphatic hydroxyl groups excluding tert-OH is 1. The van der Waals surface area contributed by atoms with Gasteiger partial charge in [0, 0.05) is 20.8 Å². The largest absolute Gasteiger partial charge is 0.463 e. The van der Waals surface area contributed by atoms with Gasteiger partial charge in [0.1, 0.15) is 18.8 Å². The molecule has 9 nitrogen and oxygen atoms in total. The summed E-state index contributed by atoms with van der Waals surface area (Å²) in [5.74, 6) is -1.89. The van der Waals surface area contributed by atoms with Gasteiger partial charge in [-0.25, -0.2) is 0 Å². The summed E-state index contributed by atoms with van der Waals surface area (Å²) in [5, 5.41) is 10.4. The minimum atomic E-state index is -1.50. The summed E-state index contributed by atoms with van der Waals surface area (Å²) < 4.78 is 26.6. The maximum Gasteiger partial charge on any atom is 0.303 e. The number of rotatable bonds is 7. The highest BCUT2D eigenvalue weighted by molar-refractivity contribution is 5.67. The Hall–Kier alpha value is -2.49. The second kappa shape index (κ2) is 10.2. The lowest BCUT2D eigenvalue weighted by atomic mass is 9.98. The number of carbonyl (C=O) groups is 3. The van der Waals surface area contributed by atoms with E-state index in [1.165, 1.54) is 20.8 Å². The summed E-state index contributed by atoms with van der Waals surface area (Å²) in [6, 6.07) is 9.15. The molecule has 5 atom stereocenters. The number of benzene rings is 1. The molecule has 1 heterocycles. The van der Waals surface area contributed by atoms with Gasteiger partial charge in [0.25, 0.3) is 0 Å². The molecule has 28 heavy (non-hydrogen) atoms. The van der Waals surface area contributed by atoms with Crippen LogP contribution in [-0.4, -0.2) is 60.3 Å². The molecule has 1 saturated heterocycles. The Kier molecular flexibility index (Phi) is 7.91. The highest BCUT2D eigenvalue weighted by atomic mass is 16.7. The smallest absolute Gasteiger partial charge is 0.303 e. The van der Waals surface area contributed by atoms with Gasteiger partial charge in [0.05, 0.1) is 6.61 Å². The third kappa shape index (κ3) is 6.29. The van der Waals surface area contributed by atoms with Crippen molar-refractivity contribution in [1.29, 1.82) is 0 Å². The summed E-state index contributed by atoms with van der Waals surface area (Å²) in [7, 11) is 0. The van der Waals surface area contributed by atoms with Crippen LogP contribution in [0.25, 0.3) is 0 Å². The van der Waals surface area contributed by atoms with Gasteiger partial charge in [-0.3, -0.25) is 14.4 Å². The molecule has 154 valence electrons. The number of hydrogen-bond acceptors (Lipinski definition) is 9. The highest BCUT2D eigenvalue weighted by Crippen LogP contribution is 2.28. The summed E-state index contributed by atoms with van der Waals surface area (Å²) in [4.78, 5) is 34.3. The normalized spacial score (nSPS) is 26.9. The number of esters is 3. The van der Waals surface area contributed by atoms with Crippen molar-refractivity contribution >= 4 is 17.9 Å². The summed E-state index contributed by atoms with van der Waals surface area (Å²) >= 11 is 0. The second-order valence-corrected chi connectivity index (χ2v) is 6.28. The average Bonchev–Trinajstić information content (AvgIpc) is 2.62. The molecule has 9 heteroatoms. The van der Waals surface area contributed by atoms with E-state index in [9.17, 15) is 19.5 Å². The third-order valence-electron chi connectivity index (χ3n) is 3.95. The molecule has 1 aromatic carbocycles. The lowest BCUT2D eigenvalue weighted by molar-refractivity contribution is -0.303. The van der Waals surface area contributed by atoms with Gasteiger partial charge in [-0.15, -0.1) is 0 Å². The van der Waals surface area contributed by atoms with E-state index >= 15 is 0 Å². The maximum atomic E-state index is 11.6. The predicted octanol–water partition coefficient (Wildman–Crippen LogP) is 0.715. The van der Waals surface area contributed by atoms with Crippen LogP contribution in [-0.2, 0) is 44.7 Å². The zero-order chi connectivity index (χ0) is 20.7. The monoisotopic (exact) mass is 396 g/mol. The standard InChI is InChI=1S/C19H24O9/c1-11(20)24-10-15-16(26-12(2)21)17(27-13(3)22)18(19(23)28-15)25-9-14-7-5-4-6-8-14/h4-8,15-19,23H,9-10H2,1-3H3/t15-,16-,17+,18-,19-/m1/s1. The Labute approximate surface area is 162 Å². The molecule has 0 unspecified atom stereocenters. The van der Waals surface area contributed by atoms with Crippen molar-refractivity contribution in [2.75, 3.05) is 6.61 Å². The van der Waals surface area contributed by atoms with Crippen molar-refractivity contribution in [2.45, 2.75) is 58.1 Å². The Balaban J connectivity index is 2.22. The molecule has 0 radical (unpaired) electrons. The quantitative estimate of drug-likeness (QED) is 0.525. The van der Waals surface area contributed by atoms with Gasteiger partial charge in [0.2, 0.25) is 0 Å². The van der Waals surface area contributed by atoms with Gasteiger partial charge < -0.3 is 28.8 Å². The highest BCUT2D eigenvalue weighted by Gasteiger charge is 2.50. The fraction of sp³-hybridized carbons (Fsp3) is 0.526. The molecule has 1 aliphatic heterocycles. The van der Waals surface area contributed by atoms with Gasteiger partial charge in [-0.05, 0) is 5.56 Å². The maximum absolute atomic E-state index is 11.6. The zero-order valence-corrected chi connectivity index (χ0v) is 15.9. The van der Waals surface area contributed by atoms with Crippen molar-refractivity contribution in [3.05, 3.63) is 35.9 Å². The van der Waals surface area contributed by atoms with Crippen LogP contribution < -0.4 is 0 Å². The van der Waals surface area contributed by atoms with Crippen LogP contribution in [0.1, 0.15) is 26.3 Å². The summed E-state index contributed by atoms with van der Waals surface area (Å²) in [6.07, 6.45) is -5.95. The Morgan fingerprint density at radius 3 is 2.11 bits per heavy atom. The van der Waals surface area contributed by atoms with Crippen molar-refractivity contribution in [3.8, 4) is 0 Å². The van der Waals surface area contributed by atoms with E-state index in [4.69, 9.17) is 23.7 Å². The second-order valence-electron chi connectivity index (χ2n) is 6.28. The topological polar surface area (TPSA) is 118 Å². The SMILES string of the molecule is CC(=O)OC[C@H]1O[C@@H](O)[C@H](OCc2ccccc2)[C@@H](OC(C)=O)[C@@H]1OC(C)=O. The summed E-state index contributed by atoms with van der Waals surface area (Å²) in [6.45, 7) is 3.37. The predicted molar refractivity (Wildman–Crippen MR) is 93.6 cm³/mol. The first-order valence-corrected chi connectivity index (χ1v) is 8.74. The molecule has 0 bridgehead atoms. The Morgan fingerprint density at radius 1 is 0.929 bits per heavy atom. The van der Waals surface area contributed by atoms with Crippen molar-refractivity contribution in [2.24, 2.45) is 0 Å². The van der Waals surface area contributed by atoms with Crippen molar-refractivity contribution in [1.82, 2.24) is 0 Å². The fourth-order valence-corrected chi connectivity index (χ4v) is 2.83. The van der Waals surface area contributed by atoms with E-state index in [2.05, 4.69) is 0 Å². The van der Waals surface area contributed by atoms with Gasteiger partial charge in [0.15, 0.2) is 18.5 Å². The molecular formula is C19H24O9. The van der Waals surface area contributed by atoms with E-state index in [-0.39, 0.29) is 13.2 Å². The number of hydrogen-bond donors (Lipinski definition) is 1. The van der Waals surface area contributed by atoms with Crippen LogP contribution >= 0.6 is 0 Å². The first-order chi connectivity index (χ1) is 13.3. The first-order valence-electron chi connectivity index (χ1n) is 8.74. The molecule has 1 N–H and O–H groups in total. The van der Waals surface area contributed by atoms with Crippen LogP contribution in [0.5, 0.6) is 0 Å². The molecular weight excluding hydrogens is 372 g/mol. The van der Waals surface area contributed by atoms with Crippen LogP contribution in [0, 0.1) is 0 Å². The molecule has 0 aromatic heterocycles. The van der Waals surface area contributed by atoms with Crippen LogP contribution in [0.2, 0.25) is 0 Å². The molecule has 1 aromatic rings. The Bertz CT molecular complexity index is 675. The van der Waals surface area contributed by atoms with E-state index in [0.29, 0.717) is 0 Å². The van der Waals surface area contributed by atoms with Gasteiger partial charge >= 0.3 is 17.9 Å². The third-order valence-corrected chi connectivity index (χ3v) is 3.95. The number of aliphatic hydroxyl groups is 1. The van der Waals surface area contributed by atoms with E-state index in [0.717, 1.165) is 5.56 Å². The minimum Gasteiger partial charge on any atom is -0.463 e. The lowest BCUT2D eigenvalue weighted by Crippen LogP contribution is -2.62. The van der Waals surface area contributed by atoms with E-state index < -0.39 is 48.6 Å². The molecule has 0 amide bonds. The summed E-state index contributed by atoms with van der Waals surface area (Å²) in [5.41, 5.74) is 0.822. The first kappa shape index (κ1) is 21.8. The van der Waals surface area contributed by atoms with Crippen LogP contribution in [0.15, 0.2) is 30.3 Å². The van der Waals surface area contributed by atoms with Crippen LogP contribution in [0.4, 0.5) is 0 Å². The van der Waals surface area contributed by atoms with E-state index in [1.807, 2.05) is 30.3 Å². The molecule has 0 aliphatic carbocycles. The van der Waals surface area contributed by atoms with Crippen molar-refractivity contribution in [3.63, 3.8) is 0 Å². The molecule has 1 aliphatic rings. The Morgan fingerprint density at radius 2 is 1.54 bits per heavy atom. The molecule has 0 saturated carbocycles. The fourth-order valence-electron chi connectivity index (χ4n) is 2.83. The van der Waals surface area contributed by atoms with Crippen molar-refractivity contribution < 1.29 is 43.2 Å². The number of ether oxygens (including phenoxy) is 5. The molecule has 1 fully saturated rings. The lowest BCUT2D eigenvalue weighted by Gasteiger charge is -2.43. The van der Waals surface area contributed by atoms with E-state index in [1.54, 1.807) is 0 Å². The van der Waals surface area contributed by atoms with Gasteiger partial charge in [-0.2, -0.15) is 0 Å². The number of carbonyl (C=O) groups excluding carboxylic acids is 3. The molecule has 0 spiro atoms. The average molecular weight is 396 g/mol. The van der Waals surface area contributed by atoms with Crippen LogP contribution in [0.3, 0.4) is 0 Å². The van der Waals surface area contributed by atoms with Gasteiger partial charge in [-0.1, -0.05) is 30.3 Å². The minimum absolute atomic E-state index is 0.102.